The van der Waals surface area contributed by atoms with Crippen LogP contribution in [0.15, 0.2) is 78.4 Å². The lowest BCUT2D eigenvalue weighted by atomic mass is 10.1. The fourth-order valence-corrected chi connectivity index (χ4v) is 2.93. The number of anilines is 1. The number of nitrogens with one attached hydrogen (secondary N) is 1. The summed E-state index contributed by atoms with van der Waals surface area (Å²) in [6.45, 7) is 2.43. The van der Waals surface area contributed by atoms with Gasteiger partial charge in [0.05, 0.1) is 18.4 Å². The zero-order valence-electron chi connectivity index (χ0n) is 17.8. The summed E-state index contributed by atoms with van der Waals surface area (Å²) in [5.41, 5.74) is 3.21. The Kier molecular flexibility index (Phi) is 7.39. The number of nitriles is 1. The minimum atomic E-state index is -0.630. The molecule has 0 heterocycles. The zero-order valence-corrected chi connectivity index (χ0v) is 17.8. The lowest BCUT2D eigenvalue weighted by molar-refractivity contribution is -0.112. The summed E-state index contributed by atoms with van der Waals surface area (Å²) in [6, 6.07) is 23.5. The molecule has 0 aliphatic heterocycles. The number of carbonyl (C=O) groups is 2. The molecule has 0 atom stereocenters. The Morgan fingerprint density at radius 3 is 2.50 bits per heavy atom. The highest BCUT2D eigenvalue weighted by atomic mass is 16.5. The predicted molar refractivity (Wildman–Crippen MR) is 122 cm³/mol. The molecule has 6 heteroatoms. The van der Waals surface area contributed by atoms with Crippen molar-refractivity contribution >= 4 is 23.6 Å². The maximum Gasteiger partial charge on any atom is 0.339 e. The Morgan fingerprint density at radius 1 is 1.03 bits per heavy atom. The number of nitrogens with zero attached hydrogens (tertiary/aromatic N) is 1. The first-order valence-electron chi connectivity index (χ1n) is 9.89. The van der Waals surface area contributed by atoms with E-state index in [4.69, 9.17) is 9.47 Å². The van der Waals surface area contributed by atoms with Gasteiger partial charge in [0, 0.05) is 0 Å². The average molecular weight is 426 g/mol. The number of carbonyl (C=O) groups excluding carboxylic acids is 2. The van der Waals surface area contributed by atoms with Gasteiger partial charge in [0.25, 0.3) is 5.91 Å². The van der Waals surface area contributed by atoms with Crippen LogP contribution in [0.2, 0.25) is 0 Å². The van der Waals surface area contributed by atoms with E-state index in [2.05, 4.69) is 5.32 Å². The standard InChI is InChI=1S/C26H22N2O4/c1-18-10-12-19(13-11-18)17-32-22-7-5-6-20(15-22)14-21(16-27)25(29)28-24-9-4-3-8-23(24)26(30)31-2/h3-15H,17H2,1-2H3,(H,28,29)/b21-14+. The Labute approximate surface area is 186 Å². The van der Waals surface area contributed by atoms with Gasteiger partial charge < -0.3 is 14.8 Å². The van der Waals surface area contributed by atoms with Crippen LogP contribution < -0.4 is 10.1 Å². The number of para-hydroxylation sites is 1. The summed E-state index contributed by atoms with van der Waals surface area (Å²) >= 11 is 0. The van der Waals surface area contributed by atoms with Crippen LogP contribution >= 0.6 is 0 Å². The Morgan fingerprint density at radius 2 is 1.78 bits per heavy atom. The second kappa shape index (κ2) is 10.6. The minimum Gasteiger partial charge on any atom is -0.489 e. The van der Waals surface area contributed by atoms with E-state index in [0.717, 1.165) is 5.56 Å². The van der Waals surface area contributed by atoms with Crippen LogP contribution in [0.3, 0.4) is 0 Å². The van der Waals surface area contributed by atoms with E-state index in [1.165, 1.54) is 24.8 Å². The van der Waals surface area contributed by atoms with Crippen LogP contribution in [-0.4, -0.2) is 19.0 Å². The smallest absolute Gasteiger partial charge is 0.339 e. The van der Waals surface area contributed by atoms with Crippen molar-refractivity contribution in [3.05, 3.63) is 101 Å². The second-order valence-electron chi connectivity index (χ2n) is 7.01. The molecule has 160 valence electrons. The van der Waals surface area contributed by atoms with Crippen LogP contribution in [0.1, 0.15) is 27.0 Å². The monoisotopic (exact) mass is 426 g/mol. The molecule has 1 amide bonds. The highest BCUT2D eigenvalue weighted by Gasteiger charge is 2.16. The normalized spacial score (nSPS) is 10.7. The molecule has 32 heavy (non-hydrogen) atoms. The third-order valence-corrected chi connectivity index (χ3v) is 4.64. The number of ether oxygens (including phenoxy) is 2. The van der Waals surface area contributed by atoms with Crippen LogP contribution in [-0.2, 0) is 16.1 Å². The number of hydrogen-bond donors (Lipinski definition) is 1. The third kappa shape index (κ3) is 5.83. The fourth-order valence-electron chi connectivity index (χ4n) is 2.93. The predicted octanol–water partition coefficient (Wildman–Crippen LogP) is 4.91. The van der Waals surface area contributed by atoms with Gasteiger partial charge in [0.1, 0.15) is 24.0 Å². The van der Waals surface area contributed by atoms with Crippen LogP contribution in [0.5, 0.6) is 5.75 Å². The van der Waals surface area contributed by atoms with Crippen LogP contribution in [0.4, 0.5) is 5.69 Å². The Hall–Kier alpha value is -4.37. The van der Waals surface area contributed by atoms with Gasteiger partial charge in [0.15, 0.2) is 0 Å². The summed E-state index contributed by atoms with van der Waals surface area (Å²) in [5.74, 6) is -0.593. The van der Waals surface area contributed by atoms with Crippen LogP contribution in [0.25, 0.3) is 6.08 Å². The zero-order chi connectivity index (χ0) is 22.9. The van der Waals surface area contributed by atoms with Gasteiger partial charge >= 0.3 is 5.97 Å². The number of rotatable bonds is 7. The van der Waals surface area contributed by atoms with Crippen molar-refractivity contribution in [2.24, 2.45) is 0 Å². The van der Waals surface area contributed by atoms with E-state index >= 15 is 0 Å². The van der Waals surface area contributed by atoms with Crippen molar-refractivity contribution in [3.8, 4) is 11.8 Å². The highest BCUT2D eigenvalue weighted by Crippen LogP contribution is 2.20. The summed E-state index contributed by atoms with van der Waals surface area (Å²) in [5, 5.41) is 12.1. The van der Waals surface area contributed by atoms with E-state index < -0.39 is 11.9 Å². The van der Waals surface area contributed by atoms with Crippen molar-refractivity contribution in [2.45, 2.75) is 13.5 Å². The first-order valence-corrected chi connectivity index (χ1v) is 9.89. The molecule has 0 radical (unpaired) electrons. The molecular formula is C26H22N2O4. The quantitative estimate of drug-likeness (QED) is 0.330. The first-order chi connectivity index (χ1) is 15.5. The highest BCUT2D eigenvalue weighted by molar-refractivity contribution is 6.12. The number of aryl methyl sites for hydroxylation is 1. The number of benzene rings is 3. The van der Waals surface area contributed by atoms with Gasteiger partial charge in [-0.15, -0.1) is 0 Å². The number of hydrogen-bond acceptors (Lipinski definition) is 5. The molecule has 0 fully saturated rings. The van der Waals surface area contributed by atoms with Crippen molar-refractivity contribution in [3.63, 3.8) is 0 Å². The molecular weight excluding hydrogens is 404 g/mol. The maximum absolute atomic E-state index is 12.6. The first kappa shape index (κ1) is 22.3. The molecule has 0 bridgehead atoms. The van der Waals surface area contributed by atoms with E-state index in [0.29, 0.717) is 17.9 Å². The van der Waals surface area contributed by atoms with Gasteiger partial charge in [-0.25, -0.2) is 4.79 Å². The Bertz CT molecular complexity index is 1190. The second-order valence-corrected chi connectivity index (χ2v) is 7.01. The summed E-state index contributed by atoms with van der Waals surface area (Å²) in [4.78, 5) is 24.5. The number of esters is 1. The lowest BCUT2D eigenvalue weighted by Gasteiger charge is -2.09. The molecule has 0 saturated heterocycles. The van der Waals surface area contributed by atoms with E-state index in [1.807, 2.05) is 43.3 Å². The van der Waals surface area contributed by atoms with Gasteiger partial charge in [-0.3, -0.25) is 4.79 Å². The lowest BCUT2D eigenvalue weighted by Crippen LogP contribution is -2.16. The van der Waals surface area contributed by atoms with Gasteiger partial charge in [-0.2, -0.15) is 5.26 Å². The fraction of sp³-hybridized carbons (Fsp3) is 0.115. The SMILES string of the molecule is COC(=O)c1ccccc1NC(=O)/C(C#N)=C/c1cccc(OCc2ccc(C)cc2)c1. The Balaban J connectivity index is 1.74. The van der Waals surface area contributed by atoms with Gasteiger partial charge in [-0.05, 0) is 48.4 Å². The molecule has 0 spiro atoms. The topological polar surface area (TPSA) is 88.4 Å². The number of methoxy groups -OCH3 is 1. The molecule has 0 unspecified atom stereocenters. The minimum absolute atomic E-state index is 0.111. The molecule has 3 aromatic carbocycles. The molecule has 0 aromatic heterocycles. The molecule has 0 saturated carbocycles. The van der Waals surface area contributed by atoms with Gasteiger partial charge in [-0.1, -0.05) is 54.1 Å². The molecule has 1 N–H and O–H groups in total. The number of amides is 1. The summed E-state index contributed by atoms with van der Waals surface area (Å²) in [7, 11) is 1.26. The molecule has 3 aromatic rings. The molecule has 0 aliphatic carbocycles. The largest absolute Gasteiger partial charge is 0.489 e. The van der Waals surface area contributed by atoms with Crippen molar-refractivity contribution in [1.82, 2.24) is 0 Å². The van der Waals surface area contributed by atoms with E-state index in [1.54, 1.807) is 36.4 Å². The van der Waals surface area contributed by atoms with E-state index in [9.17, 15) is 14.9 Å². The molecule has 6 nitrogen and oxygen atoms in total. The van der Waals surface area contributed by atoms with Crippen molar-refractivity contribution in [1.29, 1.82) is 5.26 Å². The van der Waals surface area contributed by atoms with E-state index in [-0.39, 0.29) is 16.8 Å². The van der Waals surface area contributed by atoms with Crippen LogP contribution in [0, 0.1) is 18.3 Å². The third-order valence-electron chi connectivity index (χ3n) is 4.64. The average Bonchev–Trinajstić information content (AvgIpc) is 2.82. The van der Waals surface area contributed by atoms with Crippen molar-refractivity contribution < 1.29 is 19.1 Å². The summed E-state index contributed by atoms with van der Waals surface area (Å²) < 4.78 is 10.6. The van der Waals surface area contributed by atoms with Gasteiger partial charge in [0.2, 0.25) is 0 Å². The molecule has 0 aliphatic rings. The van der Waals surface area contributed by atoms with Crippen molar-refractivity contribution in [2.75, 3.05) is 12.4 Å². The molecule has 3 rings (SSSR count). The summed E-state index contributed by atoms with van der Waals surface area (Å²) in [6.07, 6.45) is 1.47. The maximum atomic E-state index is 12.6.